The van der Waals surface area contributed by atoms with Gasteiger partial charge in [0, 0.05) is 12.8 Å². The molecule has 0 aliphatic carbocycles. The van der Waals surface area contributed by atoms with Gasteiger partial charge in [0.05, 0.1) is 28.4 Å². The maximum Gasteiger partial charge on any atom is 0.125 e. The van der Waals surface area contributed by atoms with Gasteiger partial charge in [-0.3, -0.25) is 0 Å². The van der Waals surface area contributed by atoms with Crippen molar-refractivity contribution in [3.05, 3.63) is 118 Å². The lowest BCUT2D eigenvalue weighted by Gasteiger charge is -2.17. The van der Waals surface area contributed by atoms with Crippen molar-refractivity contribution in [1.29, 1.82) is 0 Å². The Morgan fingerprint density at radius 1 is 0.400 bits per heavy atom. The molecule has 0 aliphatic rings. The minimum Gasteiger partial charge on any atom is -0.497 e. The number of benzene rings is 4. The van der Waals surface area contributed by atoms with E-state index in [1.54, 1.807) is 28.4 Å². The first-order chi connectivity index (χ1) is 17.1. The van der Waals surface area contributed by atoms with Crippen molar-refractivity contribution in [2.75, 3.05) is 28.4 Å². The van der Waals surface area contributed by atoms with Crippen molar-refractivity contribution in [1.82, 2.24) is 0 Å². The maximum absolute atomic E-state index is 5.98. The van der Waals surface area contributed by atoms with E-state index in [1.807, 2.05) is 36.4 Å². The van der Waals surface area contributed by atoms with E-state index in [1.165, 1.54) is 33.4 Å². The van der Waals surface area contributed by atoms with E-state index >= 15 is 0 Å². The summed E-state index contributed by atoms with van der Waals surface area (Å²) < 4.78 is 22.0. The van der Waals surface area contributed by atoms with Crippen molar-refractivity contribution in [2.24, 2.45) is 0 Å². The van der Waals surface area contributed by atoms with Crippen molar-refractivity contribution < 1.29 is 18.9 Å². The van der Waals surface area contributed by atoms with Gasteiger partial charge in [0.1, 0.15) is 23.0 Å². The number of ether oxygens (including phenoxy) is 4. The van der Waals surface area contributed by atoms with E-state index in [2.05, 4.69) is 48.5 Å². The van der Waals surface area contributed by atoms with Crippen LogP contribution in [-0.2, 0) is 19.3 Å². The molecule has 0 saturated carbocycles. The SMILES string of the molecule is COc1ccc(Cc2cc(Cc3ccc(OC)cc3)c(OC)c(Cc3ccc(OC)cc3)c2)cc1. The third-order valence-electron chi connectivity index (χ3n) is 6.18. The van der Waals surface area contributed by atoms with Gasteiger partial charge in [0.15, 0.2) is 0 Å². The summed E-state index contributed by atoms with van der Waals surface area (Å²) in [6.45, 7) is 0. The van der Waals surface area contributed by atoms with Gasteiger partial charge in [-0.2, -0.15) is 0 Å². The van der Waals surface area contributed by atoms with Crippen molar-refractivity contribution in [3.8, 4) is 23.0 Å². The fourth-order valence-electron chi connectivity index (χ4n) is 4.36. The second-order valence-electron chi connectivity index (χ2n) is 8.52. The van der Waals surface area contributed by atoms with E-state index in [-0.39, 0.29) is 0 Å². The Balaban J connectivity index is 1.70. The van der Waals surface area contributed by atoms with Crippen LogP contribution in [0, 0.1) is 0 Å². The molecule has 0 saturated heterocycles. The lowest BCUT2D eigenvalue weighted by Crippen LogP contribution is -2.03. The highest BCUT2D eigenvalue weighted by molar-refractivity contribution is 5.50. The summed E-state index contributed by atoms with van der Waals surface area (Å²) in [4.78, 5) is 0. The van der Waals surface area contributed by atoms with E-state index in [9.17, 15) is 0 Å². The van der Waals surface area contributed by atoms with E-state index in [0.717, 1.165) is 42.3 Å². The first-order valence-electron chi connectivity index (χ1n) is 11.7. The van der Waals surface area contributed by atoms with Crippen LogP contribution in [0.2, 0.25) is 0 Å². The largest absolute Gasteiger partial charge is 0.497 e. The number of methoxy groups -OCH3 is 4. The molecule has 4 nitrogen and oxygen atoms in total. The lowest BCUT2D eigenvalue weighted by atomic mass is 9.92. The monoisotopic (exact) mass is 468 g/mol. The highest BCUT2D eigenvalue weighted by Crippen LogP contribution is 2.32. The molecular weight excluding hydrogens is 436 g/mol. The average Bonchev–Trinajstić information content (AvgIpc) is 2.90. The van der Waals surface area contributed by atoms with E-state index < -0.39 is 0 Å². The van der Waals surface area contributed by atoms with Gasteiger partial charge in [-0.25, -0.2) is 0 Å². The third-order valence-corrected chi connectivity index (χ3v) is 6.18. The molecule has 0 fully saturated rings. The molecule has 0 bridgehead atoms. The molecule has 0 heterocycles. The Labute approximate surface area is 208 Å². The van der Waals surface area contributed by atoms with Gasteiger partial charge in [-0.15, -0.1) is 0 Å². The van der Waals surface area contributed by atoms with Gasteiger partial charge in [-0.1, -0.05) is 48.5 Å². The predicted octanol–water partition coefficient (Wildman–Crippen LogP) is 6.49. The second kappa shape index (κ2) is 11.5. The summed E-state index contributed by atoms with van der Waals surface area (Å²) in [6, 6.07) is 29.2. The minimum atomic E-state index is 0.777. The van der Waals surface area contributed by atoms with Crippen LogP contribution >= 0.6 is 0 Å². The molecular formula is C31H32O4. The number of hydrogen-bond acceptors (Lipinski definition) is 4. The maximum atomic E-state index is 5.98. The fourth-order valence-corrected chi connectivity index (χ4v) is 4.36. The molecule has 0 amide bonds. The molecule has 0 spiro atoms. The lowest BCUT2D eigenvalue weighted by molar-refractivity contribution is 0.406. The van der Waals surface area contributed by atoms with Gasteiger partial charge < -0.3 is 18.9 Å². The molecule has 4 aromatic carbocycles. The Hall–Kier alpha value is -3.92. The Kier molecular flexibility index (Phi) is 7.94. The topological polar surface area (TPSA) is 36.9 Å². The van der Waals surface area contributed by atoms with Crippen LogP contribution in [0.4, 0.5) is 0 Å². The third kappa shape index (κ3) is 6.15. The molecule has 0 unspecified atom stereocenters. The summed E-state index contributed by atoms with van der Waals surface area (Å²) in [7, 11) is 6.82. The minimum absolute atomic E-state index is 0.777. The molecule has 4 heteroatoms. The van der Waals surface area contributed by atoms with Crippen LogP contribution < -0.4 is 18.9 Å². The van der Waals surface area contributed by atoms with Crippen molar-refractivity contribution in [2.45, 2.75) is 19.3 Å². The summed E-state index contributed by atoms with van der Waals surface area (Å²) in [6.07, 6.45) is 2.39. The summed E-state index contributed by atoms with van der Waals surface area (Å²) in [5.41, 5.74) is 7.26. The first kappa shape index (κ1) is 24.2. The normalized spacial score (nSPS) is 10.6. The summed E-state index contributed by atoms with van der Waals surface area (Å²) in [5.74, 6) is 3.52. The van der Waals surface area contributed by atoms with E-state index in [4.69, 9.17) is 18.9 Å². The smallest absolute Gasteiger partial charge is 0.125 e. The number of hydrogen-bond donors (Lipinski definition) is 0. The summed E-state index contributed by atoms with van der Waals surface area (Å²) in [5, 5.41) is 0. The Morgan fingerprint density at radius 2 is 0.743 bits per heavy atom. The molecule has 0 atom stereocenters. The standard InChI is InChI=1S/C31H32O4/c1-32-28-11-5-22(6-12-28)17-25-20-26(18-23-7-13-29(33-2)14-8-23)31(35-4)27(21-25)19-24-9-15-30(34-3)16-10-24/h5-16,20-21H,17-19H2,1-4H3. The van der Waals surface area contributed by atoms with Crippen LogP contribution in [0.25, 0.3) is 0 Å². The van der Waals surface area contributed by atoms with Crippen molar-refractivity contribution in [3.63, 3.8) is 0 Å². The van der Waals surface area contributed by atoms with Crippen molar-refractivity contribution >= 4 is 0 Å². The average molecular weight is 469 g/mol. The fraction of sp³-hybridized carbons (Fsp3) is 0.226. The van der Waals surface area contributed by atoms with E-state index in [0.29, 0.717) is 0 Å². The molecule has 0 aliphatic heterocycles. The molecule has 0 aromatic heterocycles. The second-order valence-corrected chi connectivity index (χ2v) is 8.52. The first-order valence-corrected chi connectivity index (χ1v) is 11.7. The van der Waals surface area contributed by atoms with Crippen LogP contribution in [0.3, 0.4) is 0 Å². The zero-order valence-electron chi connectivity index (χ0n) is 20.8. The van der Waals surface area contributed by atoms with Crippen LogP contribution in [0.15, 0.2) is 84.9 Å². The van der Waals surface area contributed by atoms with Crippen LogP contribution in [0.5, 0.6) is 23.0 Å². The zero-order chi connectivity index (χ0) is 24.6. The highest BCUT2D eigenvalue weighted by atomic mass is 16.5. The molecule has 4 rings (SSSR count). The van der Waals surface area contributed by atoms with Crippen LogP contribution in [0.1, 0.15) is 33.4 Å². The van der Waals surface area contributed by atoms with Gasteiger partial charge in [-0.05, 0) is 76.2 Å². The van der Waals surface area contributed by atoms with Gasteiger partial charge in [0.2, 0.25) is 0 Å². The molecule has 0 N–H and O–H groups in total. The Morgan fingerprint density at radius 3 is 1.06 bits per heavy atom. The summed E-state index contributed by atoms with van der Waals surface area (Å²) >= 11 is 0. The molecule has 0 radical (unpaired) electrons. The number of rotatable bonds is 10. The van der Waals surface area contributed by atoms with Crippen LogP contribution in [-0.4, -0.2) is 28.4 Å². The predicted molar refractivity (Wildman–Crippen MR) is 140 cm³/mol. The quantitative estimate of drug-likeness (QED) is 0.266. The highest BCUT2D eigenvalue weighted by Gasteiger charge is 2.14. The molecule has 4 aromatic rings. The molecule has 180 valence electrons. The molecule has 35 heavy (non-hydrogen) atoms. The Bertz CT molecular complexity index is 1160. The zero-order valence-corrected chi connectivity index (χ0v) is 20.8. The van der Waals surface area contributed by atoms with Gasteiger partial charge in [0.25, 0.3) is 0 Å². The van der Waals surface area contributed by atoms with Gasteiger partial charge >= 0.3 is 0 Å².